The number of hydrogen-bond acceptors (Lipinski definition) is 7. The molecule has 31 heavy (non-hydrogen) atoms. The summed E-state index contributed by atoms with van der Waals surface area (Å²) in [5.74, 6) is 0.393. The molecule has 1 aromatic heterocycles. The van der Waals surface area contributed by atoms with Crippen molar-refractivity contribution in [2.75, 3.05) is 33.4 Å². The molecule has 160 valence electrons. The second-order valence-electron chi connectivity index (χ2n) is 6.84. The average molecular weight is 439 g/mol. The van der Waals surface area contributed by atoms with Crippen LogP contribution < -0.4 is 10.3 Å². The number of ether oxygens (including phenoxy) is 2. The molecule has 0 saturated carbocycles. The predicted molar refractivity (Wildman–Crippen MR) is 120 cm³/mol. The van der Waals surface area contributed by atoms with Gasteiger partial charge in [0.25, 0.3) is 5.56 Å². The van der Waals surface area contributed by atoms with E-state index in [1.807, 2.05) is 18.2 Å². The number of morpholine rings is 1. The fourth-order valence-electron chi connectivity index (χ4n) is 3.30. The third kappa shape index (κ3) is 4.23. The van der Waals surface area contributed by atoms with Crippen molar-refractivity contribution in [1.29, 1.82) is 0 Å². The number of hydrazone groups is 1. The van der Waals surface area contributed by atoms with Crippen LogP contribution in [-0.2, 0) is 4.74 Å². The van der Waals surface area contributed by atoms with E-state index in [0.29, 0.717) is 43.4 Å². The Balaban J connectivity index is 1.92. The molecule has 2 aromatic carbocycles. The highest BCUT2D eigenvalue weighted by atomic mass is 32.1. The van der Waals surface area contributed by atoms with Crippen LogP contribution in [0.4, 0.5) is 0 Å². The van der Waals surface area contributed by atoms with Crippen molar-refractivity contribution < 1.29 is 14.6 Å². The number of aromatic hydroxyl groups is 1. The summed E-state index contributed by atoms with van der Waals surface area (Å²) in [5, 5.41) is 17.2. The van der Waals surface area contributed by atoms with E-state index in [1.165, 1.54) is 15.3 Å². The number of rotatable bonds is 5. The molecule has 1 saturated heterocycles. The van der Waals surface area contributed by atoms with Crippen LogP contribution in [0.2, 0.25) is 0 Å². The van der Waals surface area contributed by atoms with Gasteiger partial charge in [-0.3, -0.25) is 18.9 Å². The van der Waals surface area contributed by atoms with Gasteiger partial charge in [0.2, 0.25) is 5.88 Å². The van der Waals surface area contributed by atoms with Gasteiger partial charge in [-0.2, -0.15) is 5.10 Å². The molecule has 0 bridgehead atoms. The number of aromatic nitrogens is 2. The second kappa shape index (κ2) is 9.15. The maximum Gasteiger partial charge on any atom is 0.271 e. The van der Waals surface area contributed by atoms with Gasteiger partial charge in [-0.1, -0.05) is 18.2 Å². The molecular formula is C22H22N4O4S. The van der Waals surface area contributed by atoms with Crippen molar-refractivity contribution in [2.24, 2.45) is 5.10 Å². The van der Waals surface area contributed by atoms with Gasteiger partial charge in [-0.25, -0.2) is 0 Å². The monoisotopic (exact) mass is 438 g/mol. The van der Waals surface area contributed by atoms with Crippen molar-refractivity contribution in [3.63, 3.8) is 0 Å². The summed E-state index contributed by atoms with van der Waals surface area (Å²) in [7, 11) is 1.58. The minimum Gasteiger partial charge on any atom is -0.497 e. The molecule has 4 rings (SSSR count). The van der Waals surface area contributed by atoms with Crippen LogP contribution in [0.1, 0.15) is 5.56 Å². The third-order valence-electron chi connectivity index (χ3n) is 4.95. The molecular weight excluding hydrogens is 416 g/mol. The first-order valence-electron chi connectivity index (χ1n) is 9.77. The van der Waals surface area contributed by atoms with E-state index in [0.717, 1.165) is 0 Å². The maximum atomic E-state index is 13.3. The first-order chi connectivity index (χ1) is 15.1. The van der Waals surface area contributed by atoms with E-state index in [-0.39, 0.29) is 16.2 Å². The fraction of sp³-hybridized carbons (Fsp3) is 0.227. The van der Waals surface area contributed by atoms with Gasteiger partial charge in [-0.15, -0.1) is 0 Å². The van der Waals surface area contributed by atoms with Gasteiger partial charge in [0.1, 0.15) is 11.3 Å². The molecule has 3 aromatic rings. The zero-order valence-electron chi connectivity index (χ0n) is 17.0. The zero-order chi connectivity index (χ0) is 21.8. The van der Waals surface area contributed by atoms with E-state index >= 15 is 0 Å². The van der Waals surface area contributed by atoms with Crippen molar-refractivity contribution >= 4 is 18.4 Å². The molecule has 0 radical (unpaired) electrons. The van der Waals surface area contributed by atoms with E-state index in [1.54, 1.807) is 48.5 Å². The van der Waals surface area contributed by atoms with E-state index in [4.69, 9.17) is 21.7 Å². The van der Waals surface area contributed by atoms with Crippen LogP contribution in [0.5, 0.6) is 11.6 Å². The quantitative estimate of drug-likeness (QED) is 0.487. The molecule has 0 amide bonds. The standard InChI is InChI=1S/C22H22N4O4S/c1-29-18-9-7-17(8-10-18)26-21(28)19(15-23-24-11-13-30-14-12-24)20(27)25(22(26)31)16-5-3-2-4-6-16/h2-10,15,28H,11-14H2,1H3/b23-15+. The van der Waals surface area contributed by atoms with Gasteiger partial charge >= 0.3 is 0 Å². The maximum absolute atomic E-state index is 13.3. The third-order valence-corrected chi connectivity index (χ3v) is 5.32. The SMILES string of the molecule is COc1ccc(-n2c(O)c(/C=N/N3CCOCC3)c(=O)n(-c3ccccc3)c2=S)cc1. The fourth-order valence-corrected chi connectivity index (χ4v) is 3.68. The molecule has 1 aliphatic rings. The van der Waals surface area contributed by atoms with Crippen molar-refractivity contribution in [2.45, 2.75) is 0 Å². The molecule has 2 heterocycles. The highest BCUT2D eigenvalue weighted by molar-refractivity contribution is 7.71. The minimum atomic E-state index is -0.449. The highest BCUT2D eigenvalue weighted by Gasteiger charge is 2.18. The topological polar surface area (TPSA) is 81.2 Å². The summed E-state index contributed by atoms with van der Waals surface area (Å²) in [6, 6.07) is 16.1. The summed E-state index contributed by atoms with van der Waals surface area (Å²) in [5.41, 5.74) is 0.782. The largest absolute Gasteiger partial charge is 0.497 e. The van der Waals surface area contributed by atoms with E-state index in [2.05, 4.69) is 5.10 Å². The number of benzene rings is 2. The van der Waals surface area contributed by atoms with Crippen molar-refractivity contribution in [3.05, 3.63) is 75.3 Å². The lowest BCUT2D eigenvalue weighted by Gasteiger charge is -2.23. The molecule has 0 atom stereocenters. The normalized spacial score (nSPS) is 14.2. The Bertz CT molecular complexity index is 1200. The van der Waals surface area contributed by atoms with Crippen LogP contribution >= 0.6 is 12.2 Å². The van der Waals surface area contributed by atoms with Gasteiger partial charge in [-0.05, 0) is 48.6 Å². The summed E-state index contributed by atoms with van der Waals surface area (Å²) in [6.07, 6.45) is 1.39. The molecule has 0 spiro atoms. The number of hydrogen-bond donors (Lipinski definition) is 1. The van der Waals surface area contributed by atoms with E-state index in [9.17, 15) is 9.90 Å². The number of para-hydroxylation sites is 1. The van der Waals surface area contributed by atoms with Crippen molar-refractivity contribution in [1.82, 2.24) is 14.1 Å². The molecule has 0 unspecified atom stereocenters. The number of methoxy groups -OCH3 is 1. The molecule has 1 N–H and O–H groups in total. The van der Waals surface area contributed by atoms with Crippen LogP contribution in [0, 0.1) is 4.77 Å². The van der Waals surface area contributed by atoms with Gasteiger partial charge < -0.3 is 14.6 Å². The summed E-state index contributed by atoms with van der Waals surface area (Å²) >= 11 is 5.62. The van der Waals surface area contributed by atoms with Crippen LogP contribution in [-0.4, -0.2) is 58.9 Å². The zero-order valence-corrected chi connectivity index (χ0v) is 17.8. The Morgan fingerprint density at radius 2 is 1.68 bits per heavy atom. The average Bonchev–Trinajstić information content (AvgIpc) is 2.81. The first kappa shape index (κ1) is 20.8. The molecule has 0 aliphatic carbocycles. The molecule has 1 fully saturated rings. The lowest BCUT2D eigenvalue weighted by molar-refractivity contribution is 0.0396. The smallest absolute Gasteiger partial charge is 0.271 e. The number of nitrogens with zero attached hydrogens (tertiary/aromatic N) is 4. The Hall–Kier alpha value is -3.43. The first-order valence-corrected chi connectivity index (χ1v) is 10.2. The minimum absolute atomic E-state index is 0.0414. The van der Waals surface area contributed by atoms with Crippen molar-refractivity contribution in [3.8, 4) is 23.0 Å². The second-order valence-corrected chi connectivity index (χ2v) is 7.21. The lowest BCUT2D eigenvalue weighted by Crippen LogP contribution is -2.33. The summed E-state index contributed by atoms with van der Waals surface area (Å²) in [6.45, 7) is 2.35. The van der Waals surface area contributed by atoms with Gasteiger partial charge in [0, 0.05) is 0 Å². The lowest BCUT2D eigenvalue weighted by atomic mass is 10.2. The Kier molecular flexibility index (Phi) is 6.15. The van der Waals surface area contributed by atoms with Crippen LogP contribution in [0.3, 0.4) is 0 Å². The predicted octanol–water partition coefficient (Wildman–Crippen LogP) is 2.74. The Labute approximate surface area is 184 Å². The van der Waals surface area contributed by atoms with Gasteiger partial charge in [0.05, 0.1) is 51.0 Å². The van der Waals surface area contributed by atoms with Crippen LogP contribution in [0.25, 0.3) is 11.4 Å². The van der Waals surface area contributed by atoms with E-state index < -0.39 is 5.56 Å². The Morgan fingerprint density at radius 3 is 2.32 bits per heavy atom. The highest BCUT2D eigenvalue weighted by Crippen LogP contribution is 2.23. The summed E-state index contributed by atoms with van der Waals surface area (Å²) in [4.78, 5) is 13.3. The molecule has 9 heteroatoms. The summed E-state index contributed by atoms with van der Waals surface area (Å²) < 4.78 is 13.5. The van der Waals surface area contributed by atoms with Crippen LogP contribution in [0.15, 0.2) is 64.5 Å². The molecule has 1 aliphatic heterocycles. The Morgan fingerprint density at radius 1 is 1.03 bits per heavy atom. The van der Waals surface area contributed by atoms with Gasteiger partial charge in [0.15, 0.2) is 4.77 Å². The molecule has 8 nitrogen and oxygen atoms in total.